The second-order valence-electron chi connectivity index (χ2n) is 4.95. The van der Waals surface area contributed by atoms with Crippen LogP contribution in [0.2, 0.25) is 0 Å². The summed E-state index contributed by atoms with van der Waals surface area (Å²) >= 11 is 0. The molecule has 17 heavy (non-hydrogen) atoms. The van der Waals surface area contributed by atoms with E-state index < -0.39 is 0 Å². The van der Waals surface area contributed by atoms with Gasteiger partial charge >= 0.3 is 0 Å². The van der Waals surface area contributed by atoms with E-state index in [0.717, 1.165) is 18.2 Å². The van der Waals surface area contributed by atoms with E-state index in [2.05, 4.69) is 27.5 Å². The maximum atomic E-state index is 4.43. The average molecular weight is 234 g/mol. The Labute approximate surface area is 103 Å². The molecule has 0 aromatic carbocycles. The Morgan fingerprint density at radius 2 is 1.94 bits per heavy atom. The number of aromatic nitrogens is 2. The summed E-state index contributed by atoms with van der Waals surface area (Å²) in [6.07, 6.45) is 10.2. The molecule has 2 N–H and O–H groups in total. The average Bonchev–Trinajstić information content (AvgIpc) is 2.86. The number of anilines is 2. The van der Waals surface area contributed by atoms with Crippen molar-refractivity contribution in [1.29, 1.82) is 0 Å². The van der Waals surface area contributed by atoms with Gasteiger partial charge in [0.15, 0.2) is 0 Å². The lowest BCUT2D eigenvalue weighted by Gasteiger charge is -2.27. The highest BCUT2D eigenvalue weighted by Gasteiger charge is 2.31. The van der Waals surface area contributed by atoms with Gasteiger partial charge in [0.1, 0.15) is 11.6 Å². The number of nitrogens with one attached hydrogen (secondary N) is 2. The fraction of sp³-hybridized carbons (Fsp3) is 0.692. The Morgan fingerprint density at radius 3 is 2.59 bits per heavy atom. The van der Waals surface area contributed by atoms with Crippen molar-refractivity contribution in [2.75, 3.05) is 24.2 Å². The summed E-state index contributed by atoms with van der Waals surface area (Å²) in [6, 6.07) is 0. The van der Waals surface area contributed by atoms with Gasteiger partial charge in [0.2, 0.25) is 0 Å². The zero-order chi connectivity index (χ0) is 12.1. The van der Waals surface area contributed by atoms with E-state index in [4.69, 9.17) is 0 Å². The molecule has 0 amide bonds. The molecule has 94 valence electrons. The largest absolute Gasteiger partial charge is 0.372 e. The maximum Gasteiger partial charge on any atom is 0.146 e. The van der Waals surface area contributed by atoms with Crippen LogP contribution in [0.1, 0.15) is 39.0 Å². The Hall–Kier alpha value is -1.32. The van der Waals surface area contributed by atoms with Crippen LogP contribution in [-0.4, -0.2) is 23.6 Å². The van der Waals surface area contributed by atoms with E-state index in [-0.39, 0.29) is 0 Å². The minimum Gasteiger partial charge on any atom is -0.372 e. The molecule has 4 nitrogen and oxygen atoms in total. The Bertz CT molecular complexity index is 358. The van der Waals surface area contributed by atoms with Crippen LogP contribution in [0.4, 0.5) is 11.6 Å². The zero-order valence-electron chi connectivity index (χ0n) is 10.8. The highest BCUT2D eigenvalue weighted by Crippen LogP contribution is 2.40. The lowest BCUT2D eigenvalue weighted by molar-refractivity contribution is 0.306. The Morgan fingerprint density at radius 1 is 1.24 bits per heavy atom. The summed E-state index contributed by atoms with van der Waals surface area (Å²) in [7, 11) is 1.86. The topological polar surface area (TPSA) is 49.8 Å². The van der Waals surface area contributed by atoms with Gasteiger partial charge in [-0.2, -0.15) is 0 Å². The number of hydrogen-bond acceptors (Lipinski definition) is 4. The molecule has 4 heteroatoms. The van der Waals surface area contributed by atoms with Gasteiger partial charge in [0, 0.05) is 13.6 Å². The standard InChI is InChI=1S/C13H22N4/c1-3-13(6-4-5-7-13)10-16-12-9-15-8-11(14-2)17-12/h8-9H,3-7,10H2,1-2H3,(H2,14,16,17). The van der Waals surface area contributed by atoms with Crippen LogP contribution >= 0.6 is 0 Å². The van der Waals surface area contributed by atoms with Gasteiger partial charge in [0.05, 0.1) is 12.4 Å². The second kappa shape index (κ2) is 5.34. The molecule has 0 bridgehead atoms. The summed E-state index contributed by atoms with van der Waals surface area (Å²) in [6.45, 7) is 3.31. The van der Waals surface area contributed by atoms with Gasteiger partial charge in [-0.15, -0.1) is 0 Å². The molecule has 1 saturated carbocycles. The van der Waals surface area contributed by atoms with Crippen molar-refractivity contribution in [2.45, 2.75) is 39.0 Å². The molecule has 1 aliphatic carbocycles. The van der Waals surface area contributed by atoms with Crippen LogP contribution in [0.3, 0.4) is 0 Å². The normalized spacial score (nSPS) is 18.0. The van der Waals surface area contributed by atoms with Crippen LogP contribution in [0.25, 0.3) is 0 Å². The Balaban J connectivity index is 1.96. The minimum atomic E-state index is 0.483. The maximum absolute atomic E-state index is 4.43. The molecular formula is C13H22N4. The molecule has 0 aliphatic heterocycles. The van der Waals surface area contributed by atoms with Gasteiger partial charge < -0.3 is 10.6 Å². The Kier molecular flexibility index (Phi) is 3.82. The van der Waals surface area contributed by atoms with Crippen molar-refractivity contribution in [1.82, 2.24) is 9.97 Å². The third-order valence-electron chi connectivity index (χ3n) is 3.95. The smallest absolute Gasteiger partial charge is 0.146 e. The van der Waals surface area contributed by atoms with Crippen molar-refractivity contribution in [3.8, 4) is 0 Å². The molecule has 1 aromatic heterocycles. The summed E-state index contributed by atoms with van der Waals surface area (Å²) in [4.78, 5) is 8.59. The lowest BCUT2D eigenvalue weighted by atomic mass is 9.83. The molecule has 1 aliphatic rings. The quantitative estimate of drug-likeness (QED) is 0.822. The summed E-state index contributed by atoms with van der Waals surface area (Å²) in [5.74, 6) is 1.68. The van der Waals surface area contributed by atoms with Crippen LogP contribution in [0, 0.1) is 5.41 Å². The predicted octanol–water partition coefficient (Wildman–Crippen LogP) is 2.90. The van der Waals surface area contributed by atoms with E-state index in [1.807, 2.05) is 7.05 Å². The van der Waals surface area contributed by atoms with Gasteiger partial charge in [-0.3, -0.25) is 4.98 Å². The third-order valence-corrected chi connectivity index (χ3v) is 3.95. The first-order chi connectivity index (χ1) is 8.28. The highest BCUT2D eigenvalue weighted by molar-refractivity contribution is 5.41. The van der Waals surface area contributed by atoms with Crippen LogP contribution in [0.5, 0.6) is 0 Å². The summed E-state index contributed by atoms with van der Waals surface area (Å²) in [5, 5.41) is 6.44. The molecular weight excluding hydrogens is 212 g/mol. The van der Waals surface area contributed by atoms with Crippen LogP contribution in [-0.2, 0) is 0 Å². The summed E-state index contributed by atoms with van der Waals surface area (Å²) in [5.41, 5.74) is 0.483. The van der Waals surface area contributed by atoms with Crippen LogP contribution in [0.15, 0.2) is 12.4 Å². The van der Waals surface area contributed by atoms with Crippen molar-refractivity contribution in [2.24, 2.45) is 5.41 Å². The van der Waals surface area contributed by atoms with Gasteiger partial charge in [-0.05, 0) is 24.7 Å². The van der Waals surface area contributed by atoms with E-state index in [1.54, 1.807) is 12.4 Å². The monoisotopic (exact) mass is 234 g/mol. The van der Waals surface area contributed by atoms with Gasteiger partial charge in [-0.25, -0.2) is 4.98 Å². The number of rotatable bonds is 5. The first kappa shape index (κ1) is 12.1. The minimum absolute atomic E-state index is 0.483. The first-order valence-electron chi connectivity index (χ1n) is 6.52. The molecule has 0 atom stereocenters. The van der Waals surface area contributed by atoms with Gasteiger partial charge in [-0.1, -0.05) is 19.8 Å². The molecule has 0 saturated heterocycles. The first-order valence-corrected chi connectivity index (χ1v) is 6.52. The molecule has 1 aromatic rings. The molecule has 0 radical (unpaired) electrons. The number of nitrogens with zero attached hydrogens (tertiary/aromatic N) is 2. The molecule has 1 fully saturated rings. The summed E-state index contributed by atoms with van der Waals surface area (Å²) < 4.78 is 0. The predicted molar refractivity (Wildman–Crippen MR) is 71.3 cm³/mol. The van der Waals surface area contributed by atoms with E-state index in [1.165, 1.54) is 32.1 Å². The van der Waals surface area contributed by atoms with Crippen LogP contribution < -0.4 is 10.6 Å². The van der Waals surface area contributed by atoms with Crippen molar-refractivity contribution in [3.05, 3.63) is 12.4 Å². The van der Waals surface area contributed by atoms with E-state index in [0.29, 0.717) is 5.41 Å². The molecule has 0 spiro atoms. The van der Waals surface area contributed by atoms with Crippen molar-refractivity contribution < 1.29 is 0 Å². The highest BCUT2D eigenvalue weighted by atomic mass is 15.1. The lowest BCUT2D eigenvalue weighted by Crippen LogP contribution is -2.26. The van der Waals surface area contributed by atoms with E-state index in [9.17, 15) is 0 Å². The fourth-order valence-electron chi connectivity index (χ4n) is 2.63. The van der Waals surface area contributed by atoms with Crippen molar-refractivity contribution in [3.63, 3.8) is 0 Å². The zero-order valence-corrected chi connectivity index (χ0v) is 10.8. The van der Waals surface area contributed by atoms with Gasteiger partial charge in [0.25, 0.3) is 0 Å². The third kappa shape index (κ3) is 2.87. The SMILES string of the molecule is CCC1(CNc2cncc(NC)n2)CCCC1. The molecule has 2 rings (SSSR count). The van der Waals surface area contributed by atoms with Crippen molar-refractivity contribution >= 4 is 11.6 Å². The molecule has 1 heterocycles. The second-order valence-corrected chi connectivity index (χ2v) is 4.95. The number of hydrogen-bond donors (Lipinski definition) is 2. The molecule has 0 unspecified atom stereocenters. The fourth-order valence-corrected chi connectivity index (χ4v) is 2.63. The van der Waals surface area contributed by atoms with E-state index >= 15 is 0 Å².